The average molecular weight is 865 g/mol. The van der Waals surface area contributed by atoms with Gasteiger partial charge in [-0.1, -0.05) is 108 Å². The number of aromatic nitrogens is 3. The van der Waals surface area contributed by atoms with E-state index in [2.05, 4.69) is 67.1 Å². The van der Waals surface area contributed by atoms with Crippen LogP contribution in [-0.4, -0.2) is 33.9 Å². The average Bonchev–Trinajstić information content (AvgIpc) is 3.47. The summed E-state index contributed by atoms with van der Waals surface area (Å²) in [7, 11) is -1.58. The first kappa shape index (κ1) is 39.1. The molecule has 1 radical (unpaired) electrons. The van der Waals surface area contributed by atoms with E-state index in [0.717, 1.165) is 69.9 Å². The van der Waals surface area contributed by atoms with Gasteiger partial charge in [-0.3, -0.25) is 9.78 Å². The number of aryl methyl sites for hydroxylation is 1. The molecule has 0 unspecified atom stereocenters. The molecule has 6 nitrogen and oxygen atoms in total. The van der Waals surface area contributed by atoms with Gasteiger partial charge < -0.3 is 9.52 Å². The first-order valence-corrected chi connectivity index (χ1v) is 21.0. The molecule has 3 aromatic heterocycles. The van der Waals surface area contributed by atoms with Crippen LogP contribution < -0.4 is 5.19 Å². The summed E-state index contributed by atoms with van der Waals surface area (Å²) in [6.07, 6.45) is 6.42. The zero-order chi connectivity index (χ0) is 35.7. The second kappa shape index (κ2) is 15.3. The predicted molar refractivity (Wildman–Crippen MR) is 207 cm³/mol. The molecule has 0 aliphatic carbocycles. The minimum Gasteiger partial charge on any atom is -0.512 e. The minimum atomic E-state index is -1.58. The third kappa shape index (κ3) is 7.35. The maximum Gasteiger partial charge on any atom is 0.216 e. The predicted octanol–water partition coefficient (Wildman–Crippen LogP) is 11.0. The fourth-order valence-corrected chi connectivity index (χ4v) is 7.91. The molecule has 0 atom stereocenters. The van der Waals surface area contributed by atoms with Crippen LogP contribution in [0.3, 0.4) is 0 Å². The number of rotatable bonds is 9. The van der Waals surface area contributed by atoms with Crippen LogP contribution in [0.5, 0.6) is 0 Å². The van der Waals surface area contributed by atoms with Crippen molar-refractivity contribution in [1.29, 1.82) is 0 Å². The van der Waals surface area contributed by atoms with E-state index >= 15 is 0 Å². The van der Waals surface area contributed by atoms with Crippen molar-refractivity contribution in [3.8, 4) is 11.3 Å². The van der Waals surface area contributed by atoms with Crippen LogP contribution in [0.15, 0.2) is 77.2 Å². The molecule has 0 saturated carbocycles. The van der Waals surface area contributed by atoms with Gasteiger partial charge in [0.05, 0.1) is 19.2 Å². The van der Waals surface area contributed by atoms with E-state index in [9.17, 15) is 9.90 Å². The Morgan fingerprint density at radius 1 is 0.880 bits per heavy atom. The van der Waals surface area contributed by atoms with Gasteiger partial charge in [-0.2, -0.15) is 0 Å². The van der Waals surface area contributed by atoms with Gasteiger partial charge >= 0.3 is 0 Å². The first-order valence-electron chi connectivity index (χ1n) is 17.5. The van der Waals surface area contributed by atoms with E-state index in [-0.39, 0.29) is 42.5 Å². The number of benzene rings is 3. The van der Waals surface area contributed by atoms with Crippen LogP contribution >= 0.6 is 0 Å². The number of nitrogens with zero attached hydrogens (tertiary/aromatic N) is 3. The molecular formula is C42H50IrN3O3Si-. The molecule has 0 saturated heterocycles. The topological polar surface area (TPSA) is 89.1 Å². The monoisotopic (exact) mass is 865 g/mol. The van der Waals surface area contributed by atoms with Crippen LogP contribution in [0.25, 0.3) is 55.0 Å². The van der Waals surface area contributed by atoms with Gasteiger partial charge in [0.15, 0.2) is 5.78 Å². The number of aliphatic hydroxyl groups is 1. The van der Waals surface area contributed by atoms with Gasteiger partial charge in [0.25, 0.3) is 0 Å². The van der Waals surface area contributed by atoms with E-state index in [4.69, 9.17) is 14.4 Å². The fourth-order valence-electron chi connectivity index (χ4n) is 6.30. The Morgan fingerprint density at radius 3 is 2.18 bits per heavy atom. The standard InChI is InChI=1S/C27H22N3OSi.C15H28O2.Ir/c1-16-11-13-19-18-8-6-9-21(26(18)31-27(19)30-16)24-20-14-12-17-7-5-10-22(32(2,3)4)23(17)25(20)29-15-28-24;1-7-14(5,8-2)12(16)11-13(17)15(6,9-3)10-4;/h5-8,10-15H,1-4H3;11,16H,7-10H2,1-6H3;/q-1;;/b;12-11-;. The Bertz CT molecular complexity index is 2190. The van der Waals surface area contributed by atoms with Gasteiger partial charge in [-0.15, -0.1) is 18.2 Å². The van der Waals surface area contributed by atoms with Crippen molar-refractivity contribution in [3.05, 3.63) is 84.5 Å². The number of hydrogen-bond donors (Lipinski definition) is 1. The smallest absolute Gasteiger partial charge is 0.216 e. The molecule has 0 fully saturated rings. The molecule has 6 rings (SSSR count). The van der Waals surface area contributed by atoms with E-state index in [1.54, 1.807) is 6.33 Å². The van der Waals surface area contributed by atoms with Crippen LogP contribution in [0.4, 0.5) is 0 Å². The second-order valence-corrected chi connectivity index (χ2v) is 19.8. The Labute approximate surface area is 311 Å². The van der Waals surface area contributed by atoms with Crippen molar-refractivity contribution in [2.75, 3.05) is 0 Å². The van der Waals surface area contributed by atoms with E-state index in [1.165, 1.54) is 22.0 Å². The Kier molecular flexibility index (Phi) is 11.9. The Morgan fingerprint density at radius 2 is 1.54 bits per heavy atom. The zero-order valence-electron chi connectivity index (χ0n) is 31.1. The summed E-state index contributed by atoms with van der Waals surface area (Å²) in [6, 6.07) is 22.3. The Hall–Kier alpha value is -3.71. The number of furan rings is 1. The molecule has 0 bridgehead atoms. The molecule has 0 amide bonds. The first-order chi connectivity index (χ1) is 23.2. The molecule has 265 valence electrons. The van der Waals surface area contributed by atoms with Crippen molar-refractivity contribution in [2.45, 2.75) is 93.8 Å². The van der Waals surface area contributed by atoms with E-state index in [0.29, 0.717) is 5.71 Å². The number of aliphatic hydroxyl groups excluding tert-OH is 1. The van der Waals surface area contributed by atoms with Gasteiger partial charge in [0, 0.05) is 59.2 Å². The van der Waals surface area contributed by atoms with Gasteiger partial charge in [-0.25, -0.2) is 9.97 Å². The van der Waals surface area contributed by atoms with Crippen molar-refractivity contribution in [1.82, 2.24) is 15.0 Å². The van der Waals surface area contributed by atoms with Crippen LogP contribution in [0.1, 0.15) is 72.9 Å². The van der Waals surface area contributed by atoms with Crippen molar-refractivity contribution in [3.63, 3.8) is 0 Å². The molecule has 0 aliphatic heterocycles. The molecule has 50 heavy (non-hydrogen) atoms. The maximum atomic E-state index is 12.2. The maximum absolute atomic E-state index is 12.2. The molecular weight excluding hydrogens is 815 g/mol. The number of pyridine rings is 1. The van der Waals surface area contributed by atoms with Gasteiger partial charge in [0.2, 0.25) is 5.71 Å². The van der Waals surface area contributed by atoms with Crippen molar-refractivity contribution < 1.29 is 34.4 Å². The zero-order valence-corrected chi connectivity index (χ0v) is 34.5. The number of hydrogen-bond acceptors (Lipinski definition) is 6. The number of fused-ring (bicyclic) bond motifs is 6. The van der Waals surface area contributed by atoms with Crippen molar-refractivity contribution in [2.24, 2.45) is 10.8 Å². The van der Waals surface area contributed by atoms with Gasteiger partial charge in [-0.05, 0) is 55.5 Å². The molecule has 8 heteroatoms. The molecule has 0 aliphatic rings. The van der Waals surface area contributed by atoms with Crippen LogP contribution in [0.2, 0.25) is 19.6 Å². The van der Waals surface area contributed by atoms with E-state index < -0.39 is 8.07 Å². The Balaban J connectivity index is 0.000000269. The number of allylic oxidation sites excluding steroid dienone is 2. The number of carbonyl (C=O) groups excluding carboxylic acids is 1. The second-order valence-electron chi connectivity index (χ2n) is 14.8. The minimum absolute atomic E-state index is 0. The van der Waals surface area contributed by atoms with Crippen LogP contribution in [0, 0.1) is 23.8 Å². The van der Waals surface area contributed by atoms with Crippen molar-refractivity contribution >= 4 is 62.8 Å². The summed E-state index contributed by atoms with van der Waals surface area (Å²) in [5.74, 6) is 0.286. The third-order valence-electron chi connectivity index (χ3n) is 10.7. The summed E-state index contributed by atoms with van der Waals surface area (Å²) in [5, 5.41) is 17.0. The molecule has 0 spiro atoms. The summed E-state index contributed by atoms with van der Waals surface area (Å²) in [5.41, 5.74) is 4.40. The summed E-state index contributed by atoms with van der Waals surface area (Å²) < 4.78 is 6.24. The summed E-state index contributed by atoms with van der Waals surface area (Å²) in [4.78, 5) is 26.2. The van der Waals surface area contributed by atoms with Crippen LogP contribution in [-0.2, 0) is 24.9 Å². The molecule has 6 aromatic rings. The molecule has 3 aromatic carbocycles. The largest absolute Gasteiger partial charge is 0.512 e. The normalized spacial score (nSPS) is 12.6. The number of ketones is 1. The molecule has 3 heterocycles. The third-order valence-corrected chi connectivity index (χ3v) is 12.8. The molecule has 1 N–H and O–H groups in total. The van der Waals surface area contributed by atoms with Gasteiger partial charge in [0.1, 0.15) is 12.1 Å². The SMILES string of the molecule is CCC(C)(CC)C(=O)/C=C(\O)C(C)(CC)CC.Cc1ccc2c(n1)oc1c(-c3ncnc4c3ccc3cccc([Si](C)(C)C)c34)[c-]ccc12.[Ir]. The summed E-state index contributed by atoms with van der Waals surface area (Å²) in [6.45, 7) is 21.2. The van der Waals surface area contributed by atoms with E-state index in [1.807, 2.05) is 66.7 Å². The fraction of sp³-hybridized carbons (Fsp3) is 0.381. The quantitative estimate of drug-likeness (QED) is 0.0512. The number of carbonyl (C=O) groups is 1. The summed E-state index contributed by atoms with van der Waals surface area (Å²) >= 11 is 0.